The third-order valence-corrected chi connectivity index (χ3v) is 7.66. The lowest BCUT2D eigenvalue weighted by molar-refractivity contribution is -0.121. The summed E-state index contributed by atoms with van der Waals surface area (Å²) in [5, 5.41) is 18.1. The zero-order valence-electron chi connectivity index (χ0n) is 21.1. The minimum atomic E-state index is -0.0145. The second kappa shape index (κ2) is 10.8. The number of ether oxygens (including phenoxy) is 1. The molecule has 37 heavy (non-hydrogen) atoms. The Labute approximate surface area is 219 Å². The molecule has 2 unspecified atom stereocenters. The minimum Gasteiger partial charge on any atom is -0.489 e. The summed E-state index contributed by atoms with van der Waals surface area (Å²) >= 11 is 1.72. The zero-order chi connectivity index (χ0) is 25.9. The van der Waals surface area contributed by atoms with Gasteiger partial charge in [-0.05, 0) is 30.2 Å². The number of carbonyl (C=O) groups is 2. The first kappa shape index (κ1) is 25.1. The maximum atomic E-state index is 12.5. The van der Waals surface area contributed by atoms with E-state index in [9.17, 15) is 9.59 Å². The van der Waals surface area contributed by atoms with Gasteiger partial charge >= 0.3 is 0 Å². The molecule has 0 saturated carbocycles. The molecule has 0 fully saturated rings. The van der Waals surface area contributed by atoms with Crippen molar-refractivity contribution in [3.05, 3.63) is 47.7 Å². The smallest absolute Gasteiger partial charge is 0.253 e. The van der Waals surface area contributed by atoms with E-state index in [1.165, 1.54) is 0 Å². The van der Waals surface area contributed by atoms with Crippen molar-refractivity contribution in [1.29, 1.82) is 0 Å². The summed E-state index contributed by atoms with van der Waals surface area (Å²) in [6, 6.07) is 9.79. The first-order chi connectivity index (χ1) is 17.9. The minimum absolute atomic E-state index is 0.00140. The number of H-pyrrole nitrogens is 1. The van der Waals surface area contributed by atoms with Crippen LogP contribution in [-0.2, 0) is 4.79 Å². The van der Waals surface area contributed by atoms with E-state index in [1.54, 1.807) is 37.0 Å². The molecule has 3 heterocycles. The Morgan fingerprint density at radius 3 is 2.92 bits per heavy atom. The second-order valence-corrected chi connectivity index (χ2v) is 10.4. The van der Waals surface area contributed by atoms with Gasteiger partial charge in [-0.3, -0.25) is 25.0 Å². The molecule has 2 aromatic carbocycles. The Morgan fingerprint density at radius 1 is 1.24 bits per heavy atom. The maximum Gasteiger partial charge on any atom is 0.253 e. The van der Waals surface area contributed by atoms with Crippen LogP contribution in [0.5, 0.6) is 5.75 Å². The summed E-state index contributed by atoms with van der Waals surface area (Å²) in [5.74, 6) is 1.50. The number of amidine groups is 1. The van der Waals surface area contributed by atoms with Crippen molar-refractivity contribution in [1.82, 2.24) is 25.7 Å². The van der Waals surface area contributed by atoms with E-state index in [0.717, 1.165) is 39.3 Å². The summed E-state index contributed by atoms with van der Waals surface area (Å²) in [7, 11) is 3.52. The number of hydrogen-bond acceptors (Lipinski definition) is 8. The Kier molecular flexibility index (Phi) is 7.33. The third kappa shape index (κ3) is 5.28. The number of thioether (sulfide) groups is 1. The Hall–Kier alpha value is -3.57. The third-order valence-electron chi connectivity index (χ3n) is 6.36. The molecule has 194 valence electrons. The van der Waals surface area contributed by atoms with E-state index in [1.807, 2.05) is 37.3 Å². The number of amides is 2. The molecule has 0 radical (unpaired) electrons. The summed E-state index contributed by atoms with van der Waals surface area (Å²) in [6.07, 6.45) is 3.09. The zero-order valence-corrected chi connectivity index (χ0v) is 21.9. The van der Waals surface area contributed by atoms with Crippen molar-refractivity contribution >= 4 is 46.0 Å². The van der Waals surface area contributed by atoms with Crippen LogP contribution in [0.4, 0.5) is 5.69 Å². The number of benzene rings is 2. The van der Waals surface area contributed by atoms with E-state index < -0.39 is 0 Å². The average molecular weight is 522 g/mol. The van der Waals surface area contributed by atoms with Crippen LogP contribution < -0.4 is 20.7 Å². The van der Waals surface area contributed by atoms with Crippen LogP contribution in [0.3, 0.4) is 0 Å². The number of fused-ring (bicyclic) bond motifs is 4. The van der Waals surface area contributed by atoms with Crippen LogP contribution in [0.2, 0.25) is 0 Å². The molecular formula is C26H31N7O3S. The quantitative estimate of drug-likeness (QED) is 0.336. The van der Waals surface area contributed by atoms with Gasteiger partial charge < -0.3 is 20.3 Å². The number of nitrogens with one attached hydrogen (secondary N) is 4. The molecule has 2 amide bonds. The van der Waals surface area contributed by atoms with Gasteiger partial charge in [0.2, 0.25) is 5.91 Å². The molecule has 4 N–H and O–H groups in total. The molecule has 11 heteroatoms. The molecular weight excluding hydrogens is 490 g/mol. The molecule has 0 saturated heterocycles. The molecule has 0 spiro atoms. The van der Waals surface area contributed by atoms with Crippen molar-refractivity contribution < 1.29 is 14.3 Å². The largest absolute Gasteiger partial charge is 0.489 e. The fourth-order valence-corrected chi connectivity index (χ4v) is 5.90. The summed E-state index contributed by atoms with van der Waals surface area (Å²) in [4.78, 5) is 31.7. The highest BCUT2D eigenvalue weighted by atomic mass is 32.2. The number of hydrogen-bond donors (Lipinski definition) is 4. The number of rotatable bonds is 8. The molecule has 2 aliphatic heterocycles. The molecule has 2 aliphatic rings. The summed E-state index contributed by atoms with van der Waals surface area (Å²) in [5.41, 5.74) is 3.45. The van der Waals surface area contributed by atoms with Gasteiger partial charge in [-0.15, -0.1) is 11.8 Å². The van der Waals surface area contributed by atoms with Crippen LogP contribution >= 0.6 is 11.8 Å². The number of aromatic nitrogens is 2. The second-order valence-electron chi connectivity index (χ2n) is 9.25. The lowest BCUT2D eigenvalue weighted by Crippen LogP contribution is -2.41. The van der Waals surface area contributed by atoms with Gasteiger partial charge in [-0.2, -0.15) is 5.10 Å². The predicted octanol–water partition coefficient (Wildman–Crippen LogP) is 3.15. The van der Waals surface area contributed by atoms with E-state index in [2.05, 4.69) is 26.1 Å². The first-order valence-corrected chi connectivity index (χ1v) is 13.3. The molecule has 10 nitrogen and oxygen atoms in total. The number of nitrogens with zero attached hydrogens (tertiary/aromatic N) is 3. The molecule has 3 aromatic rings. The standard InChI is InChI=1S/C26H31N7O3S/c1-4-5-22(34)27-8-9-36-20-12-18-16(13-30-32-18)10-19(20)31-24-23-17-7-6-15(26(35)33(2)3)11-21(17)37-25(23)29-14-28-24/h6-7,10-13,23,25,29H,4-5,8-9,14H2,1-3H3,(H,27,34)(H,28,31)(H,30,32). The number of anilines is 1. The molecule has 0 bridgehead atoms. The van der Waals surface area contributed by atoms with E-state index in [-0.39, 0.29) is 23.1 Å². The number of aliphatic imine (C=N–C) groups is 1. The van der Waals surface area contributed by atoms with Crippen LogP contribution in [0.1, 0.15) is 41.6 Å². The Balaban J connectivity index is 1.37. The van der Waals surface area contributed by atoms with Crippen LogP contribution in [0, 0.1) is 0 Å². The predicted molar refractivity (Wildman–Crippen MR) is 145 cm³/mol. The van der Waals surface area contributed by atoms with Gasteiger partial charge in [0.1, 0.15) is 18.2 Å². The number of aromatic amines is 1. The van der Waals surface area contributed by atoms with Crippen LogP contribution in [0.25, 0.3) is 10.9 Å². The van der Waals surface area contributed by atoms with Gasteiger partial charge in [0.15, 0.2) is 0 Å². The SMILES string of the molecule is CCCC(=O)NCCOc1cc2[nH]ncc2cc1NC1=NCNC2Sc3cc(C(=O)N(C)C)ccc3C12. The average Bonchev–Trinajstić information content (AvgIpc) is 3.50. The lowest BCUT2D eigenvalue weighted by atomic mass is 9.95. The summed E-state index contributed by atoms with van der Waals surface area (Å²) < 4.78 is 6.09. The van der Waals surface area contributed by atoms with E-state index in [4.69, 9.17) is 9.73 Å². The van der Waals surface area contributed by atoms with Crippen LogP contribution in [-0.4, -0.2) is 72.0 Å². The van der Waals surface area contributed by atoms with Crippen molar-refractivity contribution in [3.8, 4) is 5.75 Å². The van der Waals surface area contributed by atoms with Gasteiger partial charge in [0.05, 0.1) is 41.9 Å². The van der Waals surface area contributed by atoms with Gasteiger partial charge in [0, 0.05) is 42.4 Å². The molecule has 0 aliphatic carbocycles. The van der Waals surface area contributed by atoms with Crippen molar-refractivity contribution in [2.45, 2.75) is 36.0 Å². The van der Waals surface area contributed by atoms with Crippen LogP contribution in [0.15, 0.2) is 46.4 Å². The molecule has 5 rings (SSSR count). The van der Waals surface area contributed by atoms with Crippen molar-refractivity contribution in [2.24, 2.45) is 4.99 Å². The topological polar surface area (TPSA) is 124 Å². The monoisotopic (exact) mass is 521 g/mol. The van der Waals surface area contributed by atoms with Crippen molar-refractivity contribution in [2.75, 3.05) is 39.2 Å². The fraction of sp³-hybridized carbons (Fsp3) is 0.385. The van der Waals surface area contributed by atoms with E-state index >= 15 is 0 Å². The highest BCUT2D eigenvalue weighted by molar-refractivity contribution is 8.00. The van der Waals surface area contributed by atoms with Gasteiger partial charge in [0.25, 0.3) is 5.91 Å². The highest BCUT2D eigenvalue weighted by Crippen LogP contribution is 2.47. The lowest BCUT2D eigenvalue weighted by Gasteiger charge is -2.28. The number of carbonyl (C=O) groups excluding carboxylic acids is 2. The Morgan fingerprint density at radius 2 is 2.11 bits per heavy atom. The van der Waals surface area contributed by atoms with Crippen molar-refractivity contribution in [3.63, 3.8) is 0 Å². The maximum absolute atomic E-state index is 12.5. The normalized spacial score (nSPS) is 18.1. The van der Waals surface area contributed by atoms with E-state index in [0.29, 0.717) is 37.6 Å². The fourth-order valence-electron chi connectivity index (χ4n) is 4.53. The summed E-state index contributed by atoms with van der Waals surface area (Å²) in [6.45, 7) is 3.23. The van der Waals surface area contributed by atoms with Gasteiger partial charge in [-0.25, -0.2) is 0 Å². The Bertz CT molecular complexity index is 1350. The first-order valence-electron chi connectivity index (χ1n) is 12.4. The molecule has 1 aromatic heterocycles. The molecule has 2 atom stereocenters. The highest BCUT2D eigenvalue weighted by Gasteiger charge is 2.39. The van der Waals surface area contributed by atoms with Gasteiger partial charge in [-0.1, -0.05) is 13.0 Å².